The Balaban J connectivity index is 3.85. The second-order valence-corrected chi connectivity index (χ2v) is 3.62. The summed E-state index contributed by atoms with van der Waals surface area (Å²) in [5, 5.41) is 13.8. The van der Waals surface area contributed by atoms with E-state index in [-0.39, 0.29) is 0 Å². The molecule has 1 atom stereocenters. The van der Waals surface area contributed by atoms with E-state index < -0.39 is 18.0 Å². The van der Waals surface area contributed by atoms with E-state index in [2.05, 4.69) is 10.6 Å². The van der Waals surface area contributed by atoms with Crippen LogP contribution >= 0.6 is 0 Å². The smallest absolute Gasteiger partial charge is 0.326 e. The number of rotatable bonds is 10. The summed E-state index contributed by atoms with van der Waals surface area (Å²) >= 11 is 0. The number of carboxylic acids is 1. The molecule has 0 saturated carbocycles. The van der Waals surface area contributed by atoms with Crippen molar-refractivity contribution in [1.82, 2.24) is 10.6 Å². The minimum atomic E-state index is -1.05. The van der Waals surface area contributed by atoms with Crippen molar-refractivity contribution in [2.24, 2.45) is 0 Å². The standard InChI is InChI=1S/C11H22N2O5/c1-3-18-8-6-12-11(16)13-9(10(14)15)5-4-7-17-2/h9H,3-8H2,1-2H3,(H,14,15)(H2,12,13,16). The summed E-state index contributed by atoms with van der Waals surface area (Å²) in [4.78, 5) is 22.3. The zero-order valence-electron chi connectivity index (χ0n) is 10.9. The monoisotopic (exact) mass is 262 g/mol. The third-order valence-corrected chi connectivity index (χ3v) is 2.18. The zero-order valence-corrected chi connectivity index (χ0v) is 10.9. The first kappa shape index (κ1) is 16.7. The summed E-state index contributed by atoms with van der Waals surface area (Å²) in [5.41, 5.74) is 0. The lowest BCUT2D eigenvalue weighted by Gasteiger charge is -2.14. The predicted octanol–water partition coefficient (Wildman–Crippen LogP) is 0.202. The van der Waals surface area contributed by atoms with Crippen molar-refractivity contribution in [2.75, 3.05) is 33.5 Å². The van der Waals surface area contributed by atoms with Crippen LogP contribution in [0.1, 0.15) is 19.8 Å². The maximum absolute atomic E-state index is 11.4. The number of nitrogens with one attached hydrogen (secondary N) is 2. The fraction of sp³-hybridized carbons (Fsp3) is 0.818. The first-order valence-electron chi connectivity index (χ1n) is 5.95. The van der Waals surface area contributed by atoms with Crippen LogP contribution in [0.4, 0.5) is 4.79 Å². The van der Waals surface area contributed by atoms with E-state index in [0.29, 0.717) is 39.2 Å². The van der Waals surface area contributed by atoms with Crippen LogP contribution in [0, 0.1) is 0 Å². The summed E-state index contributed by atoms with van der Waals surface area (Å²) in [6, 6.07) is -1.40. The number of hydrogen-bond acceptors (Lipinski definition) is 4. The molecule has 0 bridgehead atoms. The van der Waals surface area contributed by atoms with Crippen molar-refractivity contribution in [1.29, 1.82) is 0 Å². The molecule has 0 radical (unpaired) electrons. The Kier molecular flexibility index (Phi) is 9.99. The number of hydrogen-bond donors (Lipinski definition) is 3. The molecule has 0 aromatic rings. The molecule has 0 heterocycles. The van der Waals surface area contributed by atoms with Gasteiger partial charge in [-0.15, -0.1) is 0 Å². The Hall–Kier alpha value is -1.34. The minimum Gasteiger partial charge on any atom is -0.480 e. The number of urea groups is 1. The van der Waals surface area contributed by atoms with Crippen molar-refractivity contribution in [3.8, 4) is 0 Å². The maximum Gasteiger partial charge on any atom is 0.326 e. The lowest BCUT2D eigenvalue weighted by atomic mass is 10.1. The Morgan fingerprint density at radius 1 is 1.33 bits per heavy atom. The van der Waals surface area contributed by atoms with Gasteiger partial charge in [0.1, 0.15) is 6.04 Å². The number of ether oxygens (including phenoxy) is 2. The van der Waals surface area contributed by atoms with E-state index in [0.717, 1.165) is 0 Å². The second-order valence-electron chi connectivity index (χ2n) is 3.62. The SMILES string of the molecule is CCOCCNC(=O)NC(CCCOC)C(=O)O. The van der Waals surface area contributed by atoms with Crippen molar-refractivity contribution < 1.29 is 24.2 Å². The third kappa shape index (κ3) is 8.77. The van der Waals surface area contributed by atoms with Crippen LogP contribution < -0.4 is 10.6 Å². The summed E-state index contributed by atoms with van der Waals surface area (Å²) < 4.78 is 9.87. The minimum absolute atomic E-state index is 0.335. The molecule has 7 nitrogen and oxygen atoms in total. The Labute approximate surface area is 107 Å². The molecule has 2 amide bonds. The molecule has 0 aliphatic carbocycles. The molecule has 0 aliphatic rings. The molecule has 0 fully saturated rings. The van der Waals surface area contributed by atoms with Crippen LogP contribution in [0.2, 0.25) is 0 Å². The number of aliphatic carboxylic acids is 1. The lowest BCUT2D eigenvalue weighted by molar-refractivity contribution is -0.139. The van der Waals surface area contributed by atoms with Gasteiger partial charge in [-0.1, -0.05) is 0 Å². The molecule has 0 saturated heterocycles. The number of methoxy groups -OCH3 is 1. The summed E-state index contributed by atoms with van der Waals surface area (Å²) in [5.74, 6) is -1.05. The number of carbonyl (C=O) groups is 2. The van der Waals surface area contributed by atoms with Gasteiger partial charge < -0.3 is 25.2 Å². The van der Waals surface area contributed by atoms with E-state index in [4.69, 9.17) is 14.6 Å². The largest absolute Gasteiger partial charge is 0.480 e. The molecular weight excluding hydrogens is 240 g/mol. The average molecular weight is 262 g/mol. The summed E-state index contributed by atoms with van der Waals surface area (Å²) in [6.07, 6.45) is 0.911. The normalized spacial score (nSPS) is 11.9. The Morgan fingerprint density at radius 2 is 2.06 bits per heavy atom. The molecule has 1 unspecified atom stereocenters. The summed E-state index contributed by atoms with van der Waals surface area (Å²) in [6.45, 7) is 3.67. The molecule has 3 N–H and O–H groups in total. The number of amides is 2. The van der Waals surface area contributed by atoms with E-state index in [1.807, 2.05) is 6.92 Å². The highest BCUT2D eigenvalue weighted by molar-refractivity contribution is 5.82. The molecule has 0 spiro atoms. The zero-order chi connectivity index (χ0) is 13.8. The molecule has 7 heteroatoms. The van der Waals surface area contributed by atoms with E-state index in [1.54, 1.807) is 7.11 Å². The van der Waals surface area contributed by atoms with Gasteiger partial charge in [0.05, 0.1) is 6.61 Å². The van der Waals surface area contributed by atoms with Gasteiger partial charge in [-0.05, 0) is 19.8 Å². The number of carboxylic acid groups (broad SMARTS) is 1. The van der Waals surface area contributed by atoms with Crippen LogP contribution in [0.15, 0.2) is 0 Å². The van der Waals surface area contributed by atoms with Crippen LogP contribution in [-0.2, 0) is 14.3 Å². The maximum atomic E-state index is 11.4. The van der Waals surface area contributed by atoms with Crippen molar-refractivity contribution in [2.45, 2.75) is 25.8 Å². The van der Waals surface area contributed by atoms with Crippen molar-refractivity contribution in [3.63, 3.8) is 0 Å². The average Bonchev–Trinajstić information content (AvgIpc) is 2.33. The van der Waals surface area contributed by atoms with Crippen molar-refractivity contribution >= 4 is 12.0 Å². The van der Waals surface area contributed by atoms with E-state index in [9.17, 15) is 9.59 Å². The van der Waals surface area contributed by atoms with Crippen LogP contribution in [0.5, 0.6) is 0 Å². The fourth-order valence-electron chi connectivity index (χ4n) is 1.28. The Morgan fingerprint density at radius 3 is 2.61 bits per heavy atom. The van der Waals surface area contributed by atoms with Gasteiger partial charge in [-0.2, -0.15) is 0 Å². The fourth-order valence-corrected chi connectivity index (χ4v) is 1.28. The molecule has 0 aliphatic heterocycles. The van der Waals surface area contributed by atoms with E-state index >= 15 is 0 Å². The van der Waals surface area contributed by atoms with Gasteiger partial charge in [-0.3, -0.25) is 0 Å². The molecule has 0 aromatic heterocycles. The van der Waals surface area contributed by atoms with Gasteiger partial charge in [0.15, 0.2) is 0 Å². The quantitative estimate of drug-likeness (QED) is 0.489. The summed E-state index contributed by atoms with van der Waals surface area (Å²) in [7, 11) is 1.55. The highest BCUT2D eigenvalue weighted by Gasteiger charge is 2.18. The highest BCUT2D eigenvalue weighted by Crippen LogP contribution is 1.98. The van der Waals surface area contributed by atoms with Crippen molar-refractivity contribution in [3.05, 3.63) is 0 Å². The van der Waals surface area contributed by atoms with E-state index in [1.165, 1.54) is 0 Å². The van der Waals surface area contributed by atoms with Crippen LogP contribution in [0.25, 0.3) is 0 Å². The molecular formula is C11H22N2O5. The van der Waals surface area contributed by atoms with Crippen LogP contribution in [0.3, 0.4) is 0 Å². The van der Waals surface area contributed by atoms with Gasteiger partial charge >= 0.3 is 12.0 Å². The first-order valence-corrected chi connectivity index (χ1v) is 5.95. The Bertz CT molecular complexity index is 248. The third-order valence-electron chi connectivity index (χ3n) is 2.18. The number of carbonyl (C=O) groups excluding carboxylic acids is 1. The molecule has 18 heavy (non-hydrogen) atoms. The highest BCUT2D eigenvalue weighted by atomic mass is 16.5. The van der Waals surface area contributed by atoms with Gasteiger partial charge in [-0.25, -0.2) is 9.59 Å². The molecule has 0 aromatic carbocycles. The van der Waals surface area contributed by atoms with Gasteiger partial charge in [0.25, 0.3) is 0 Å². The lowest BCUT2D eigenvalue weighted by Crippen LogP contribution is -2.46. The van der Waals surface area contributed by atoms with Gasteiger partial charge in [0, 0.05) is 26.9 Å². The van der Waals surface area contributed by atoms with Crippen LogP contribution in [-0.4, -0.2) is 56.6 Å². The second kappa shape index (κ2) is 10.8. The first-order chi connectivity index (χ1) is 8.61. The predicted molar refractivity (Wildman–Crippen MR) is 65.6 cm³/mol. The molecule has 106 valence electrons. The molecule has 0 rings (SSSR count). The van der Waals surface area contributed by atoms with Gasteiger partial charge in [0.2, 0.25) is 0 Å². The topological polar surface area (TPSA) is 96.9 Å².